The largest absolute Gasteiger partial charge is 0.497 e. The van der Waals surface area contributed by atoms with Crippen LogP contribution in [0.3, 0.4) is 0 Å². The van der Waals surface area contributed by atoms with Gasteiger partial charge in [-0.3, -0.25) is 4.68 Å². The van der Waals surface area contributed by atoms with Crippen LogP contribution in [0.4, 0.5) is 5.82 Å². The smallest absolute Gasteiger partial charge is 0.127 e. The summed E-state index contributed by atoms with van der Waals surface area (Å²) in [5.41, 5.74) is 3.96. The Morgan fingerprint density at radius 3 is 2.79 bits per heavy atom. The molecule has 4 nitrogen and oxygen atoms in total. The number of nitrogens with one attached hydrogen (secondary N) is 1. The van der Waals surface area contributed by atoms with Crippen molar-refractivity contribution in [2.24, 2.45) is 7.05 Å². The molecule has 0 bridgehead atoms. The van der Waals surface area contributed by atoms with E-state index in [0.717, 1.165) is 31.6 Å². The minimum absolute atomic E-state index is 0.909. The van der Waals surface area contributed by atoms with Gasteiger partial charge in [-0.05, 0) is 37.0 Å². The van der Waals surface area contributed by atoms with E-state index < -0.39 is 0 Å². The Morgan fingerprint density at radius 1 is 1.26 bits per heavy atom. The first kappa shape index (κ1) is 12.1. The van der Waals surface area contributed by atoms with Crippen LogP contribution in [-0.4, -0.2) is 23.4 Å². The summed E-state index contributed by atoms with van der Waals surface area (Å²) in [4.78, 5) is 0. The second-order valence-corrected chi connectivity index (χ2v) is 4.92. The van der Waals surface area contributed by atoms with Gasteiger partial charge in [-0.25, -0.2) is 0 Å². The van der Waals surface area contributed by atoms with E-state index in [-0.39, 0.29) is 0 Å². The molecule has 0 radical (unpaired) electrons. The van der Waals surface area contributed by atoms with Crippen molar-refractivity contribution in [1.82, 2.24) is 9.78 Å². The summed E-state index contributed by atoms with van der Waals surface area (Å²) in [6.07, 6.45) is 3.12. The SMILES string of the molecule is COc1ccc(CCc2nn(C)c3c2CCN3)cc1. The molecule has 1 aliphatic rings. The quantitative estimate of drug-likeness (QED) is 0.912. The molecule has 2 heterocycles. The summed E-state index contributed by atoms with van der Waals surface area (Å²) in [7, 11) is 3.70. The van der Waals surface area contributed by atoms with Crippen LogP contribution in [0.15, 0.2) is 24.3 Å². The average molecular weight is 257 g/mol. The maximum Gasteiger partial charge on any atom is 0.127 e. The Hall–Kier alpha value is -1.97. The molecule has 19 heavy (non-hydrogen) atoms. The zero-order valence-electron chi connectivity index (χ0n) is 11.4. The molecule has 1 aliphatic heterocycles. The highest BCUT2D eigenvalue weighted by atomic mass is 16.5. The Labute approximate surface area is 113 Å². The van der Waals surface area contributed by atoms with Gasteiger partial charge >= 0.3 is 0 Å². The Bertz CT molecular complexity index is 572. The first-order chi connectivity index (χ1) is 9.28. The van der Waals surface area contributed by atoms with Gasteiger partial charge in [0.25, 0.3) is 0 Å². The maximum atomic E-state index is 5.17. The standard InChI is InChI=1S/C15H19N3O/c1-18-15-13(9-10-16-15)14(17-18)8-5-11-3-6-12(19-2)7-4-11/h3-4,6-7,16H,5,8-10H2,1-2H3. The van der Waals surface area contributed by atoms with Gasteiger partial charge in [0, 0.05) is 19.2 Å². The van der Waals surface area contributed by atoms with Gasteiger partial charge in [0.05, 0.1) is 12.8 Å². The van der Waals surface area contributed by atoms with Crippen molar-refractivity contribution in [3.05, 3.63) is 41.1 Å². The van der Waals surface area contributed by atoms with Crippen LogP contribution < -0.4 is 10.1 Å². The number of fused-ring (bicyclic) bond motifs is 1. The predicted octanol–water partition coefficient (Wildman–Crippen LogP) is 2.18. The summed E-state index contributed by atoms with van der Waals surface area (Å²) in [5.74, 6) is 2.11. The fraction of sp³-hybridized carbons (Fsp3) is 0.400. The number of nitrogens with zero attached hydrogens (tertiary/aromatic N) is 2. The Balaban J connectivity index is 1.70. The second kappa shape index (κ2) is 4.96. The number of aromatic nitrogens is 2. The minimum Gasteiger partial charge on any atom is -0.497 e. The second-order valence-electron chi connectivity index (χ2n) is 4.92. The summed E-state index contributed by atoms with van der Waals surface area (Å²) in [6.45, 7) is 1.04. The predicted molar refractivity (Wildman–Crippen MR) is 75.8 cm³/mol. The summed E-state index contributed by atoms with van der Waals surface area (Å²) < 4.78 is 7.14. The van der Waals surface area contributed by atoms with Gasteiger partial charge in [-0.1, -0.05) is 12.1 Å². The van der Waals surface area contributed by atoms with E-state index in [1.807, 2.05) is 23.9 Å². The molecule has 0 amide bonds. The molecule has 100 valence electrons. The van der Waals surface area contributed by atoms with Crippen LogP contribution in [0.2, 0.25) is 0 Å². The highest BCUT2D eigenvalue weighted by molar-refractivity contribution is 5.52. The lowest BCUT2D eigenvalue weighted by atomic mass is 10.1. The molecule has 0 spiro atoms. The van der Waals surface area contributed by atoms with Crippen molar-refractivity contribution in [3.8, 4) is 5.75 Å². The van der Waals surface area contributed by atoms with Crippen molar-refractivity contribution < 1.29 is 4.74 Å². The third-order valence-electron chi connectivity index (χ3n) is 3.71. The first-order valence-corrected chi connectivity index (χ1v) is 6.69. The lowest BCUT2D eigenvalue weighted by Gasteiger charge is -2.03. The average Bonchev–Trinajstić information content (AvgIpc) is 3.02. The van der Waals surface area contributed by atoms with Crippen molar-refractivity contribution in [3.63, 3.8) is 0 Å². The minimum atomic E-state index is 0.909. The number of hydrogen-bond acceptors (Lipinski definition) is 3. The molecule has 0 atom stereocenters. The highest BCUT2D eigenvalue weighted by Crippen LogP contribution is 2.25. The number of benzene rings is 1. The van der Waals surface area contributed by atoms with E-state index in [4.69, 9.17) is 4.74 Å². The molecule has 1 N–H and O–H groups in total. The van der Waals surface area contributed by atoms with E-state index in [1.54, 1.807) is 7.11 Å². The van der Waals surface area contributed by atoms with Gasteiger partial charge in [0.1, 0.15) is 11.6 Å². The molecule has 3 rings (SSSR count). The normalized spacial score (nSPS) is 13.2. The van der Waals surface area contributed by atoms with Gasteiger partial charge in [-0.15, -0.1) is 0 Å². The van der Waals surface area contributed by atoms with E-state index >= 15 is 0 Å². The molecular formula is C15H19N3O. The molecule has 0 aliphatic carbocycles. The molecular weight excluding hydrogens is 238 g/mol. The molecule has 0 saturated heterocycles. The third-order valence-corrected chi connectivity index (χ3v) is 3.71. The fourth-order valence-corrected chi connectivity index (χ4v) is 2.67. The van der Waals surface area contributed by atoms with Crippen molar-refractivity contribution in [2.45, 2.75) is 19.3 Å². The molecule has 2 aromatic rings. The number of rotatable bonds is 4. The number of hydrogen-bond donors (Lipinski definition) is 1. The van der Waals surface area contributed by atoms with Crippen LogP contribution in [0.1, 0.15) is 16.8 Å². The monoisotopic (exact) mass is 257 g/mol. The number of methoxy groups -OCH3 is 1. The van der Waals surface area contributed by atoms with E-state index in [0.29, 0.717) is 0 Å². The fourth-order valence-electron chi connectivity index (χ4n) is 2.67. The zero-order chi connectivity index (χ0) is 13.2. The van der Waals surface area contributed by atoms with Crippen LogP contribution >= 0.6 is 0 Å². The molecule has 0 unspecified atom stereocenters. The first-order valence-electron chi connectivity index (χ1n) is 6.69. The zero-order valence-corrected chi connectivity index (χ0v) is 11.4. The topological polar surface area (TPSA) is 39.1 Å². The number of aryl methyl sites for hydroxylation is 3. The molecule has 1 aromatic carbocycles. The third kappa shape index (κ3) is 2.30. The lowest BCUT2D eigenvalue weighted by Crippen LogP contribution is -2.03. The van der Waals surface area contributed by atoms with Gasteiger partial charge < -0.3 is 10.1 Å². The van der Waals surface area contributed by atoms with E-state index in [1.165, 1.54) is 22.6 Å². The molecule has 0 saturated carbocycles. The summed E-state index contributed by atoms with van der Waals surface area (Å²) in [6, 6.07) is 8.28. The van der Waals surface area contributed by atoms with E-state index in [9.17, 15) is 0 Å². The highest BCUT2D eigenvalue weighted by Gasteiger charge is 2.19. The Kier molecular flexibility index (Phi) is 3.15. The lowest BCUT2D eigenvalue weighted by molar-refractivity contribution is 0.414. The van der Waals surface area contributed by atoms with Crippen LogP contribution in [0.25, 0.3) is 0 Å². The van der Waals surface area contributed by atoms with Gasteiger partial charge in [-0.2, -0.15) is 5.10 Å². The van der Waals surface area contributed by atoms with E-state index in [2.05, 4.69) is 22.5 Å². The van der Waals surface area contributed by atoms with Gasteiger partial charge in [0.15, 0.2) is 0 Å². The van der Waals surface area contributed by atoms with Crippen molar-refractivity contribution >= 4 is 5.82 Å². The van der Waals surface area contributed by atoms with Crippen LogP contribution in [-0.2, 0) is 26.3 Å². The van der Waals surface area contributed by atoms with Crippen LogP contribution in [0, 0.1) is 0 Å². The molecule has 4 heteroatoms. The summed E-state index contributed by atoms with van der Waals surface area (Å²) >= 11 is 0. The van der Waals surface area contributed by atoms with Gasteiger partial charge in [0.2, 0.25) is 0 Å². The molecule has 0 fully saturated rings. The Morgan fingerprint density at radius 2 is 2.05 bits per heavy atom. The molecule has 1 aromatic heterocycles. The van der Waals surface area contributed by atoms with Crippen molar-refractivity contribution in [2.75, 3.05) is 19.0 Å². The number of anilines is 1. The van der Waals surface area contributed by atoms with Crippen molar-refractivity contribution in [1.29, 1.82) is 0 Å². The summed E-state index contributed by atoms with van der Waals surface area (Å²) in [5, 5.41) is 8.00. The van der Waals surface area contributed by atoms with Crippen LogP contribution in [0.5, 0.6) is 5.75 Å². The number of ether oxygens (including phenoxy) is 1. The maximum absolute atomic E-state index is 5.17.